The second-order valence-electron chi connectivity index (χ2n) is 5.60. The highest BCUT2D eigenvalue weighted by molar-refractivity contribution is 6.12. The number of rotatable bonds is 6. The molecule has 0 aliphatic rings. The fourth-order valence-corrected chi connectivity index (χ4v) is 2.47. The number of nitrogens with one attached hydrogen (secondary N) is 1. The van der Waals surface area contributed by atoms with Crippen LogP contribution in [0, 0.1) is 0 Å². The number of carbonyl (C=O) groups excluding carboxylic acids is 2. The molecule has 2 aromatic carbocycles. The number of amides is 2. The molecular weight excluding hydrogens is 292 g/mol. The van der Waals surface area contributed by atoms with Gasteiger partial charge in [0.25, 0.3) is 11.8 Å². The van der Waals surface area contributed by atoms with E-state index in [-0.39, 0.29) is 0 Å². The molecule has 0 aromatic heterocycles. The molecule has 0 unspecified atom stereocenters. The van der Waals surface area contributed by atoms with E-state index < -0.39 is 24.0 Å². The fourth-order valence-electron chi connectivity index (χ4n) is 2.47. The Kier molecular flexibility index (Phi) is 5.84. The van der Waals surface area contributed by atoms with Gasteiger partial charge in [0.1, 0.15) is 6.10 Å². The number of carbonyl (C=O) groups is 2. The molecule has 122 valence electrons. The monoisotopic (exact) mass is 314 g/mol. The minimum Gasteiger partial charge on any atom is -0.382 e. The van der Waals surface area contributed by atoms with Crippen LogP contribution in [-0.2, 0) is 4.79 Å². The standard InChI is InChI=1S/C18H22N2O3/c1-2-3-11-15(19)16(21)18(23)20-17(22)14-10-6-8-12-7-4-5-9-13(12)14/h4-10,15-16,21H,2-3,11,19H2,1H3,(H,20,22,23)/t15-,16+/m1/s1. The highest BCUT2D eigenvalue weighted by Gasteiger charge is 2.24. The quantitative estimate of drug-likeness (QED) is 0.760. The highest BCUT2D eigenvalue weighted by Crippen LogP contribution is 2.18. The van der Waals surface area contributed by atoms with Crippen molar-refractivity contribution < 1.29 is 14.7 Å². The van der Waals surface area contributed by atoms with Crippen LogP contribution >= 0.6 is 0 Å². The van der Waals surface area contributed by atoms with Crippen molar-refractivity contribution in [3.05, 3.63) is 48.0 Å². The molecule has 2 amide bonds. The van der Waals surface area contributed by atoms with Crippen LogP contribution in [-0.4, -0.2) is 29.1 Å². The molecule has 5 heteroatoms. The normalized spacial score (nSPS) is 13.5. The first-order chi connectivity index (χ1) is 11.0. The number of imide groups is 1. The Labute approximate surface area is 135 Å². The third-order valence-electron chi connectivity index (χ3n) is 3.84. The van der Waals surface area contributed by atoms with Gasteiger partial charge in [-0.15, -0.1) is 0 Å². The summed E-state index contributed by atoms with van der Waals surface area (Å²) < 4.78 is 0. The van der Waals surface area contributed by atoms with E-state index in [1.54, 1.807) is 12.1 Å². The molecule has 0 heterocycles. The van der Waals surface area contributed by atoms with Crippen molar-refractivity contribution in [1.29, 1.82) is 0 Å². The second kappa shape index (κ2) is 7.85. The summed E-state index contributed by atoms with van der Waals surface area (Å²) in [5.41, 5.74) is 6.18. The van der Waals surface area contributed by atoms with Crippen LogP contribution in [0.5, 0.6) is 0 Å². The van der Waals surface area contributed by atoms with E-state index in [0.29, 0.717) is 12.0 Å². The summed E-state index contributed by atoms with van der Waals surface area (Å²) in [5.74, 6) is -1.29. The van der Waals surface area contributed by atoms with E-state index in [4.69, 9.17) is 5.73 Å². The van der Waals surface area contributed by atoms with Gasteiger partial charge >= 0.3 is 0 Å². The van der Waals surface area contributed by atoms with Gasteiger partial charge in [-0.2, -0.15) is 0 Å². The number of unbranched alkanes of at least 4 members (excludes halogenated alkanes) is 1. The van der Waals surface area contributed by atoms with Gasteiger partial charge in [0.15, 0.2) is 0 Å². The number of aliphatic hydroxyl groups excluding tert-OH is 1. The molecule has 0 bridgehead atoms. The Morgan fingerprint density at radius 1 is 1.17 bits per heavy atom. The lowest BCUT2D eigenvalue weighted by atomic mass is 10.0. The zero-order chi connectivity index (χ0) is 16.8. The Bertz CT molecular complexity index is 694. The molecule has 0 spiro atoms. The average molecular weight is 314 g/mol. The molecule has 0 aliphatic heterocycles. The first kappa shape index (κ1) is 17.1. The summed E-state index contributed by atoms with van der Waals surface area (Å²) >= 11 is 0. The van der Waals surface area contributed by atoms with E-state index in [1.807, 2.05) is 37.3 Å². The zero-order valence-electron chi connectivity index (χ0n) is 13.2. The van der Waals surface area contributed by atoms with Crippen LogP contribution < -0.4 is 11.1 Å². The van der Waals surface area contributed by atoms with Crippen molar-refractivity contribution in [3.63, 3.8) is 0 Å². The Balaban J connectivity index is 2.10. The van der Waals surface area contributed by atoms with Gasteiger partial charge < -0.3 is 10.8 Å². The van der Waals surface area contributed by atoms with Crippen LogP contribution in [0.4, 0.5) is 0 Å². The van der Waals surface area contributed by atoms with E-state index in [9.17, 15) is 14.7 Å². The third-order valence-corrected chi connectivity index (χ3v) is 3.84. The summed E-state index contributed by atoms with van der Waals surface area (Å²) in [6, 6.07) is 12.0. The summed E-state index contributed by atoms with van der Waals surface area (Å²) in [4.78, 5) is 24.3. The first-order valence-corrected chi connectivity index (χ1v) is 7.81. The molecule has 0 saturated carbocycles. The fraction of sp³-hybridized carbons (Fsp3) is 0.333. The average Bonchev–Trinajstić information content (AvgIpc) is 2.58. The molecule has 0 aliphatic carbocycles. The van der Waals surface area contributed by atoms with Gasteiger partial charge in [0.05, 0.1) is 0 Å². The summed E-state index contributed by atoms with van der Waals surface area (Å²) in [5, 5.41) is 13.8. The molecule has 4 N–H and O–H groups in total. The van der Waals surface area contributed by atoms with Crippen LogP contribution in [0.25, 0.3) is 10.8 Å². The van der Waals surface area contributed by atoms with Crippen molar-refractivity contribution in [2.24, 2.45) is 5.73 Å². The number of aliphatic hydroxyl groups is 1. The van der Waals surface area contributed by atoms with E-state index in [2.05, 4.69) is 5.32 Å². The van der Waals surface area contributed by atoms with E-state index >= 15 is 0 Å². The smallest absolute Gasteiger partial charge is 0.258 e. The van der Waals surface area contributed by atoms with Gasteiger partial charge in [-0.05, 0) is 23.3 Å². The van der Waals surface area contributed by atoms with Gasteiger partial charge in [-0.1, -0.05) is 56.2 Å². The van der Waals surface area contributed by atoms with Crippen molar-refractivity contribution in [3.8, 4) is 0 Å². The lowest BCUT2D eigenvalue weighted by molar-refractivity contribution is -0.129. The minimum atomic E-state index is -1.39. The SMILES string of the molecule is CCCC[C@@H](N)[C@H](O)C(=O)NC(=O)c1cccc2ccccc12. The molecule has 5 nitrogen and oxygen atoms in total. The van der Waals surface area contributed by atoms with E-state index in [1.165, 1.54) is 0 Å². The van der Waals surface area contributed by atoms with E-state index in [0.717, 1.165) is 23.6 Å². The number of benzene rings is 2. The summed E-state index contributed by atoms with van der Waals surface area (Å²) in [7, 11) is 0. The first-order valence-electron chi connectivity index (χ1n) is 7.81. The van der Waals surface area contributed by atoms with Crippen molar-refractivity contribution in [2.75, 3.05) is 0 Å². The third kappa shape index (κ3) is 4.15. The van der Waals surface area contributed by atoms with Gasteiger partial charge in [0.2, 0.25) is 0 Å². The molecule has 0 saturated heterocycles. The maximum absolute atomic E-state index is 12.3. The predicted molar refractivity (Wildman–Crippen MR) is 89.9 cm³/mol. The maximum Gasteiger partial charge on any atom is 0.258 e. The zero-order valence-corrected chi connectivity index (χ0v) is 13.2. The maximum atomic E-state index is 12.3. The van der Waals surface area contributed by atoms with Crippen LogP contribution in [0.3, 0.4) is 0 Å². The van der Waals surface area contributed by atoms with Crippen LogP contribution in [0.15, 0.2) is 42.5 Å². The predicted octanol–water partition coefficient (Wildman–Crippen LogP) is 1.97. The summed E-state index contributed by atoms with van der Waals surface area (Å²) in [6.07, 6.45) is 0.897. The molecule has 2 aromatic rings. The molecular formula is C18H22N2O3. The number of fused-ring (bicyclic) bond motifs is 1. The van der Waals surface area contributed by atoms with Crippen molar-refractivity contribution in [2.45, 2.75) is 38.3 Å². The largest absolute Gasteiger partial charge is 0.382 e. The second-order valence-corrected chi connectivity index (χ2v) is 5.60. The van der Waals surface area contributed by atoms with Gasteiger partial charge in [0, 0.05) is 11.6 Å². The number of nitrogens with two attached hydrogens (primary N) is 1. The summed E-state index contributed by atoms with van der Waals surface area (Å²) in [6.45, 7) is 2.00. The molecule has 2 rings (SSSR count). The van der Waals surface area contributed by atoms with Gasteiger partial charge in [-0.3, -0.25) is 14.9 Å². The molecule has 23 heavy (non-hydrogen) atoms. The highest BCUT2D eigenvalue weighted by atomic mass is 16.3. The molecule has 0 fully saturated rings. The Hall–Kier alpha value is -2.24. The van der Waals surface area contributed by atoms with Crippen molar-refractivity contribution in [1.82, 2.24) is 5.32 Å². The number of hydrogen-bond donors (Lipinski definition) is 3. The van der Waals surface area contributed by atoms with Crippen LogP contribution in [0.1, 0.15) is 36.5 Å². The molecule has 0 radical (unpaired) electrons. The lowest BCUT2D eigenvalue weighted by Crippen LogP contribution is -2.48. The Morgan fingerprint density at radius 2 is 1.87 bits per heavy atom. The van der Waals surface area contributed by atoms with Crippen LogP contribution in [0.2, 0.25) is 0 Å². The Morgan fingerprint density at radius 3 is 2.61 bits per heavy atom. The van der Waals surface area contributed by atoms with Crippen molar-refractivity contribution >= 4 is 22.6 Å². The number of hydrogen-bond acceptors (Lipinski definition) is 4. The molecule has 2 atom stereocenters. The topological polar surface area (TPSA) is 92.4 Å². The lowest BCUT2D eigenvalue weighted by Gasteiger charge is -2.17. The van der Waals surface area contributed by atoms with Gasteiger partial charge in [-0.25, -0.2) is 0 Å². The minimum absolute atomic E-state index is 0.394.